The molecule has 0 fully saturated rings. The van der Waals surface area contributed by atoms with Crippen LogP contribution in [0.25, 0.3) is 0 Å². The largest absolute Gasteiger partial charge is 0.478 e. The fourth-order valence-electron chi connectivity index (χ4n) is 1.63. The molecule has 6 nitrogen and oxygen atoms in total. The number of likely N-dealkylation sites (N-methyl/N-ethyl adjacent to an activating group) is 1. The van der Waals surface area contributed by atoms with Crippen LogP contribution in [0.2, 0.25) is 0 Å². The van der Waals surface area contributed by atoms with Gasteiger partial charge >= 0.3 is 5.97 Å². The van der Waals surface area contributed by atoms with Crippen molar-refractivity contribution in [3.8, 4) is 0 Å². The number of carbonyl (C=O) groups is 1. The van der Waals surface area contributed by atoms with Gasteiger partial charge in [0, 0.05) is 18.1 Å². The van der Waals surface area contributed by atoms with Crippen LogP contribution in [0.1, 0.15) is 24.2 Å². The Morgan fingerprint density at radius 3 is 2.40 bits per heavy atom. The van der Waals surface area contributed by atoms with Gasteiger partial charge in [-0.1, -0.05) is 0 Å². The molecule has 0 aliphatic carbocycles. The summed E-state index contributed by atoms with van der Waals surface area (Å²) in [4.78, 5) is 10.8. The number of carboxylic acid groups (broad SMARTS) is 1. The van der Waals surface area contributed by atoms with E-state index in [9.17, 15) is 18.3 Å². The normalized spacial score (nSPS) is 12.7. The van der Waals surface area contributed by atoms with Gasteiger partial charge in [-0.05, 0) is 48.0 Å². The Morgan fingerprint density at radius 2 is 1.95 bits per heavy atom. The number of hydrogen-bond donors (Lipinski definition) is 2. The maximum Gasteiger partial charge on any atom is 0.335 e. The van der Waals surface area contributed by atoms with Crippen LogP contribution in [0.4, 0.5) is 0 Å². The van der Waals surface area contributed by atoms with Crippen molar-refractivity contribution in [1.82, 2.24) is 4.31 Å². The Bertz CT molecular complexity index is 621. The summed E-state index contributed by atoms with van der Waals surface area (Å²) in [5, 5.41) is 18.6. The summed E-state index contributed by atoms with van der Waals surface area (Å²) in [6.45, 7) is 2.86. The van der Waals surface area contributed by atoms with Crippen LogP contribution in [-0.4, -0.2) is 48.1 Å². The molecule has 0 radical (unpaired) electrons. The highest BCUT2D eigenvalue weighted by atomic mass is 79.9. The van der Waals surface area contributed by atoms with Crippen molar-refractivity contribution in [1.29, 1.82) is 0 Å². The van der Waals surface area contributed by atoms with Crippen molar-refractivity contribution in [3.05, 3.63) is 28.2 Å². The zero-order valence-corrected chi connectivity index (χ0v) is 13.7. The molecule has 0 aromatic heterocycles. The average molecular weight is 366 g/mol. The lowest BCUT2D eigenvalue weighted by molar-refractivity contribution is 0.0638. The van der Waals surface area contributed by atoms with Gasteiger partial charge in [0.1, 0.15) is 0 Å². The first-order chi connectivity index (χ1) is 8.95. The number of aromatic carboxylic acids is 1. The van der Waals surface area contributed by atoms with Crippen molar-refractivity contribution in [3.63, 3.8) is 0 Å². The second-order valence-electron chi connectivity index (χ2n) is 5.02. The summed E-state index contributed by atoms with van der Waals surface area (Å²) in [7, 11) is -2.57. The number of sulfonamides is 1. The molecule has 1 aromatic carbocycles. The van der Waals surface area contributed by atoms with E-state index >= 15 is 0 Å². The number of hydrogen-bond acceptors (Lipinski definition) is 4. The predicted octanol–water partition coefficient (Wildman–Crippen LogP) is 1.54. The van der Waals surface area contributed by atoms with Gasteiger partial charge in [0.15, 0.2) is 0 Å². The molecular formula is C12H16BrNO5S. The molecule has 8 heteroatoms. The SMILES string of the molecule is CN(CC(C)(C)O)S(=O)(=O)c1cc(C(=O)O)ccc1Br. The van der Waals surface area contributed by atoms with Crippen molar-refractivity contribution >= 4 is 31.9 Å². The minimum atomic E-state index is -3.90. The van der Waals surface area contributed by atoms with Crippen molar-refractivity contribution in [2.45, 2.75) is 24.3 Å². The molecule has 0 amide bonds. The maximum absolute atomic E-state index is 12.4. The van der Waals surface area contributed by atoms with E-state index in [0.29, 0.717) is 0 Å². The fourth-order valence-corrected chi connectivity index (χ4v) is 3.90. The van der Waals surface area contributed by atoms with Gasteiger partial charge < -0.3 is 10.2 Å². The molecule has 0 saturated heterocycles. The lowest BCUT2D eigenvalue weighted by atomic mass is 10.1. The summed E-state index contributed by atoms with van der Waals surface area (Å²) >= 11 is 3.10. The molecular weight excluding hydrogens is 350 g/mol. The zero-order chi connectivity index (χ0) is 15.7. The first-order valence-electron chi connectivity index (χ1n) is 5.67. The highest BCUT2D eigenvalue weighted by molar-refractivity contribution is 9.10. The van der Waals surface area contributed by atoms with E-state index in [1.165, 1.54) is 33.0 Å². The maximum atomic E-state index is 12.4. The van der Waals surface area contributed by atoms with Gasteiger partial charge in [-0.2, -0.15) is 4.31 Å². The van der Waals surface area contributed by atoms with Gasteiger partial charge in [-0.25, -0.2) is 13.2 Å². The molecule has 20 heavy (non-hydrogen) atoms. The first kappa shape index (κ1) is 17.1. The Labute approximate surface area is 126 Å². The van der Waals surface area contributed by atoms with Crippen LogP contribution >= 0.6 is 15.9 Å². The number of carboxylic acids is 1. The minimum absolute atomic E-state index is 0.112. The van der Waals surface area contributed by atoms with Gasteiger partial charge in [-0.15, -0.1) is 0 Å². The van der Waals surface area contributed by atoms with Crippen LogP contribution in [0.3, 0.4) is 0 Å². The van der Waals surface area contributed by atoms with Gasteiger partial charge in [0.2, 0.25) is 10.0 Å². The van der Waals surface area contributed by atoms with Gasteiger partial charge in [-0.3, -0.25) is 0 Å². The lowest BCUT2D eigenvalue weighted by Gasteiger charge is -2.25. The van der Waals surface area contributed by atoms with Crippen molar-refractivity contribution < 1.29 is 23.4 Å². The van der Waals surface area contributed by atoms with E-state index in [-0.39, 0.29) is 21.5 Å². The number of halogens is 1. The van der Waals surface area contributed by atoms with E-state index < -0.39 is 21.6 Å². The summed E-state index contributed by atoms with van der Waals surface area (Å²) < 4.78 is 26.0. The standard InChI is InChI=1S/C12H16BrNO5S/c1-12(2,17)7-14(3)20(18,19)10-6-8(11(15)16)4-5-9(10)13/h4-6,17H,7H2,1-3H3,(H,15,16). The van der Waals surface area contributed by atoms with Crippen LogP contribution in [-0.2, 0) is 10.0 Å². The molecule has 0 heterocycles. The second kappa shape index (κ2) is 5.80. The molecule has 1 aromatic rings. The van der Waals surface area contributed by atoms with Crippen LogP contribution < -0.4 is 0 Å². The van der Waals surface area contributed by atoms with Gasteiger partial charge in [0.05, 0.1) is 16.1 Å². The molecule has 0 atom stereocenters. The predicted molar refractivity (Wildman–Crippen MR) is 77.2 cm³/mol. The average Bonchev–Trinajstić information content (AvgIpc) is 2.26. The third-order valence-electron chi connectivity index (χ3n) is 2.48. The van der Waals surface area contributed by atoms with Crippen LogP contribution in [0, 0.1) is 0 Å². The molecule has 0 bridgehead atoms. The molecule has 112 valence electrons. The number of nitrogens with zero attached hydrogens (tertiary/aromatic N) is 1. The smallest absolute Gasteiger partial charge is 0.335 e. The topological polar surface area (TPSA) is 94.9 Å². The lowest BCUT2D eigenvalue weighted by Crippen LogP contribution is -2.39. The molecule has 0 saturated carbocycles. The van der Waals surface area contributed by atoms with E-state index in [0.717, 1.165) is 10.4 Å². The minimum Gasteiger partial charge on any atom is -0.478 e. The highest BCUT2D eigenvalue weighted by Crippen LogP contribution is 2.26. The Balaban J connectivity index is 3.28. The van der Waals surface area contributed by atoms with E-state index in [2.05, 4.69) is 15.9 Å². The second-order valence-corrected chi connectivity index (χ2v) is 7.89. The Hall–Kier alpha value is -0.960. The molecule has 0 aliphatic rings. The summed E-state index contributed by atoms with van der Waals surface area (Å²) in [5.41, 5.74) is -1.32. The van der Waals surface area contributed by atoms with Crippen LogP contribution in [0.15, 0.2) is 27.6 Å². The van der Waals surface area contributed by atoms with Crippen LogP contribution in [0.5, 0.6) is 0 Å². The van der Waals surface area contributed by atoms with E-state index in [1.54, 1.807) is 0 Å². The number of benzene rings is 1. The monoisotopic (exact) mass is 365 g/mol. The molecule has 2 N–H and O–H groups in total. The van der Waals surface area contributed by atoms with Crippen molar-refractivity contribution in [2.75, 3.05) is 13.6 Å². The van der Waals surface area contributed by atoms with E-state index in [1.807, 2.05) is 0 Å². The molecule has 1 rings (SSSR count). The molecule has 0 aliphatic heterocycles. The quantitative estimate of drug-likeness (QED) is 0.824. The van der Waals surface area contributed by atoms with Gasteiger partial charge in [0.25, 0.3) is 0 Å². The Kier molecular flexibility index (Phi) is 4.96. The van der Waals surface area contributed by atoms with E-state index in [4.69, 9.17) is 5.11 Å². The molecule has 0 spiro atoms. The number of aliphatic hydroxyl groups is 1. The zero-order valence-electron chi connectivity index (χ0n) is 11.3. The Morgan fingerprint density at radius 1 is 1.40 bits per heavy atom. The summed E-state index contributed by atoms with van der Waals surface area (Å²) in [6.07, 6.45) is 0. The molecule has 0 unspecified atom stereocenters. The highest BCUT2D eigenvalue weighted by Gasteiger charge is 2.28. The number of rotatable bonds is 5. The third kappa shape index (κ3) is 4.02. The fraction of sp³-hybridized carbons (Fsp3) is 0.417. The third-order valence-corrected chi connectivity index (χ3v) is 5.27. The summed E-state index contributed by atoms with van der Waals surface area (Å²) in [5.74, 6) is -1.21. The summed E-state index contributed by atoms with van der Waals surface area (Å²) in [6, 6.07) is 3.76. The first-order valence-corrected chi connectivity index (χ1v) is 7.90. The van der Waals surface area contributed by atoms with Crippen molar-refractivity contribution in [2.24, 2.45) is 0 Å².